The molecule has 1 aromatic rings. The minimum atomic E-state index is -0.349. The Kier molecular flexibility index (Phi) is 6.98. The van der Waals surface area contributed by atoms with Gasteiger partial charge < -0.3 is 10.4 Å². The maximum Gasteiger partial charge on any atom is 0.272 e. The van der Waals surface area contributed by atoms with E-state index in [1.54, 1.807) is 24.8 Å². The van der Waals surface area contributed by atoms with Gasteiger partial charge in [0.1, 0.15) is 0 Å². The van der Waals surface area contributed by atoms with Gasteiger partial charge in [-0.2, -0.15) is 11.8 Å². The van der Waals surface area contributed by atoms with Crippen molar-refractivity contribution >= 4 is 17.4 Å². The van der Waals surface area contributed by atoms with Crippen LogP contribution in [0.3, 0.4) is 0 Å². The molecule has 1 rings (SSSR count). The number of hydrogen-bond acceptors (Lipinski definition) is 5. The third-order valence-corrected chi connectivity index (χ3v) is 4.08. The predicted octanol–water partition coefficient (Wildman–Crippen LogP) is 2.67. The summed E-state index contributed by atoms with van der Waals surface area (Å²) in [5, 5.41) is 23.5. The van der Waals surface area contributed by atoms with E-state index in [2.05, 4.69) is 5.32 Å². The van der Waals surface area contributed by atoms with Crippen molar-refractivity contribution in [2.45, 2.75) is 32.4 Å². The average molecular weight is 298 g/mol. The van der Waals surface area contributed by atoms with E-state index in [4.69, 9.17) is 5.11 Å². The first-order chi connectivity index (χ1) is 9.51. The van der Waals surface area contributed by atoms with E-state index in [9.17, 15) is 10.1 Å². The highest BCUT2D eigenvalue weighted by Crippen LogP contribution is 2.26. The molecule has 112 valence electrons. The highest BCUT2D eigenvalue weighted by atomic mass is 32.2. The second kappa shape index (κ2) is 8.24. The molecule has 0 aliphatic rings. The van der Waals surface area contributed by atoms with E-state index < -0.39 is 0 Å². The number of nitro groups is 1. The fourth-order valence-electron chi connectivity index (χ4n) is 2.32. The SMILES string of the molecule is CSCC(CCO)NC(C)c1cccc([N+](=O)[O-])c1C. The summed E-state index contributed by atoms with van der Waals surface area (Å²) in [6.07, 6.45) is 2.70. The molecule has 0 amide bonds. The highest BCUT2D eigenvalue weighted by Gasteiger charge is 2.19. The summed E-state index contributed by atoms with van der Waals surface area (Å²) in [7, 11) is 0. The standard InChI is InChI=1S/C14H22N2O3S/c1-10-13(5-4-6-14(10)16(18)19)11(2)15-12(7-8-17)9-20-3/h4-6,11-12,15,17H,7-9H2,1-3H3. The molecule has 6 heteroatoms. The summed E-state index contributed by atoms with van der Waals surface area (Å²) in [4.78, 5) is 10.6. The first kappa shape index (κ1) is 16.9. The molecule has 0 fully saturated rings. The number of thioether (sulfide) groups is 1. The first-order valence-electron chi connectivity index (χ1n) is 6.61. The number of aliphatic hydroxyl groups is 1. The molecular formula is C14H22N2O3S. The molecular weight excluding hydrogens is 276 g/mol. The maximum absolute atomic E-state index is 11.0. The molecule has 2 atom stereocenters. The molecule has 0 spiro atoms. The molecule has 5 nitrogen and oxygen atoms in total. The van der Waals surface area contributed by atoms with Crippen LogP contribution >= 0.6 is 11.8 Å². The molecule has 0 saturated carbocycles. The summed E-state index contributed by atoms with van der Waals surface area (Å²) in [6, 6.07) is 5.37. The van der Waals surface area contributed by atoms with E-state index in [0.29, 0.717) is 12.0 Å². The molecule has 20 heavy (non-hydrogen) atoms. The Bertz CT molecular complexity index is 448. The summed E-state index contributed by atoms with van der Waals surface area (Å²) in [5.74, 6) is 0.902. The van der Waals surface area contributed by atoms with Gasteiger partial charge in [-0.15, -0.1) is 0 Å². The van der Waals surface area contributed by atoms with E-state index in [1.165, 1.54) is 6.07 Å². The predicted molar refractivity (Wildman–Crippen MR) is 83.3 cm³/mol. The number of rotatable bonds is 8. The molecule has 0 bridgehead atoms. The summed E-state index contributed by atoms with van der Waals surface area (Å²) < 4.78 is 0. The Morgan fingerprint density at radius 1 is 1.50 bits per heavy atom. The zero-order valence-electron chi connectivity index (χ0n) is 12.1. The van der Waals surface area contributed by atoms with Crippen LogP contribution in [0.15, 0.2) is 18.2 Å². The topological polar surface area (TPSA) is 75.4 Å². The Hall–Kier alpha value is -1.11. The molecule has 0 aromatic heterocycles. The fourth-order valence-corrected chi connectivity index (χ4v) is 2.99. The van der Waals surface area contributed by atoms with Crippen molar-refractivity contribution in [3.8, 4) is 0 Å². The van der Waals surface area contributed by atoms with E-state index >= 15 is 0 Å². The van der Waals surface area contributed by atoms with Gasteiger partial charge in [0, 0.05) is 36.1 Å². The van der Waals surface area contributed by atoms with Gasteiger partial charge in [-0.1, -0.05) is 12.1 Å². The van der Waals surface area contributed by atoms with Crippen LogP contribution in [0.2, 0.25) is 0 Å². The maximum atomic E-state index is 11.0. The lowest BCUT2D eigenvalue weighted by Gasteiger charge is -2.23. The van der Waals surface area contributed by atoms with Crippen molar-refractivity contribution in [3.05, 3.63) is 39.4 Å². The van der Waals surface area contributed by atoms with Crippen LogP contribution in [0.1, 0.15) is 30.5 Å². The second-order valence-corrected chi connectivity index (χ2v) is 5.71. The smallest absolute Gasteiger partial charge is 0.272 e. The Morgan fingerprint density at radius 3 is 2.75 bits per heavy atom. The van der Waals surface area contributed by atoms with Gasteiger partial charge in [0.2, 0.25) is 0 Å². The lowest BCUT2D eigenvalue weighted by Crippen LogP contribution is -2.34. The number of aliphatic hydroxyl groups excluding tert-OH is 1. The second-order valence-electron chi connectivity index (χ2n) is 4.80. The van der Waals surface area contributed by atoms with Crippen LogP contribution in [0, 0.1) is 17.0 Å². The zero-order valence-corrected chi connectivity index (χ0v) is 12.9. The van der Waals surface area contributed by atoms with Crippen molar-refractivity contribution in [2.75, 3.05) is 18.6 Å². The normalized spacial score (nSPS) is 14.0. The monoisotopic (exact) mass is 298 g/mol. The van der Waals surface area contributed by atoms with Crippen LogP contribution < -0.4 is 5.32 Å². The van der Waals surface area contributed by atoms with Crippen molar-refractivity contribution in [1.82, 2.24) is 5.32 Å². The lowest BCUT2D eigenvalue weighted by molar-refractivity contribution is -0.385. The van der Waals surface area contributed by atoms with Crippen molar-refractivity contribution < 1.29 is 10.0 Å². The number of nitrogens with one attached hydrogen (secondary N) is 1. The quantitative estimate of drug-likeness (QED) is 0.570. The van der Waals surface area contributed by atoms with Crippen LogP contribution in [0.5, 0.6) is 0 Å². The lowest BCUT2D eigenvalue weighted by atomic mass is 10.00. The van der Waals surface area contributed by atoms with Gasteiger partial charge in [-0.3, -0.25) is 10.1 Å². The molecule has 2 unspecified atom stereocenters. The van der Waals surface area contributed by atoms with Gasteiger partial charge in [0.05, 0.1) is 4.92 Å². The van der Waals surface area contributed by atoms with Crippen molar-refractivity contribution in [3.63, 3.8) is 0 Å². The zero-order chi connectivity index (χ0) is 15.1. The highest BCUT2D eigenvalue weighted by molar-refractivity contribution is 7.98. The number of benzene rings is 1. The Labute approximate surface area is 123 Å². The fraction of sp³-hybridized carbons (Fsp3) is 0.571. The van der Waals surface area contributed by atoms with Crippen LogP contribution in [0.25, 0.3) is 0 Å². The summed E-state index contributed by atoms with van der Waals surface area (Å²) in [6.45, 7) is 3.91. The minimum Gasteiger partial charge on any atom is -0.396 e. The first-order valence-corrected chi connectivity index (χ1v) is 8.00. The largest absolute Gasteiger partial charge is 0.396 e. The van der Waals surface area contributed by atoms with Gasteiger partial charge in [-0.25, -0.2) is 0 Å². The van der Waals surface area contributed by atoms with Crippen LogP contribution in [0.4, 0.5) is 5.69 Å². The molecule has 2 N–H and O–H groups in total. The van der Waals surface area contributed by atoms with Crippen molar-refractivity contribution in [2.24, 2.45) is 0 Å². The molecule has 0 radical (unpaired) electrons. The average Bonchev–Trinajstić information content (AvgIpc) is 2.39. The Morgan fingerprint density at radius 2 is 2.20 bits per heavy atom. The number of nitrogens with zero attached hydrogens (tertiary/aromatic N) is 1. The molecule has 1 aromatic carbocycles. The Balaban J connectivity index is 2.88. The number of hydrogen-bond donors (Lipinski definition) is 2. The van der Waals surface area contributed by atoms with Gasteiger partial charge in [0.15, 0.2) is 0 Å². The van der Waals surface area contributed by atoms with Gasteiger partial charge in [0.25, 0.3) is 5.69 Å². The molecule has 0 saturated heterocycles. The molecule has 0 aliphatic heterocycles. The van der Waals surface area contributed by atoms with E-state index in [0.717, 1.165) is 11.3 Å². The van der Waals surface area contributed by atoms with E-state index in [-0.39, 0.29) is 29.3 Å². The van der Waals surface area contributed by atoms with Crippen LogP contribution in [-0.2, 0) is 0 Å². The number of nitro benzene ring substituents is 1. The molecule has 0 heterocycles. The third-order valence-electron chi connectivity index (χ3n) is 3.34. The molecule has 0 aliphatic carbocycles. The van der Waals surface area contributed by atoms with Crippen molar-refractivity contribution in [1.29, 1.82) is 0 Å². The van der Waals surface area contributed by atoms with E-state index in [1.807, 2.05) is 19.2 Å². The third kappa shape index (κ3) is 4.47. The minimum absolute atomic E-state index is 0.0126. The van der Waals surface area contributed by atoms with Gasteiger partial charge in [-0.05, 0) is 32.1 Å². The van der Waals surface area contributed by atoms with Crippen LogP contribution in [-0.4, -0.2) is 34.7 Å². The van der Waals surface area contributed by atoms with Gasteiger partial charge >= 0.3 is 0 Å². The summed E-state index contributed by atoms with van der Waals surface area (Å²) in [5.41, 5.74) is 1.78. The summed E-state index contributed by atoms with van der Waals surface area (Å²) >= 11 is 1.72.